The summed E-state index contributed by atoms with van der Waals surface area (Å²) < 4.78 is 10.4. The summed E-state index contributed by atoms with van der Waals surface area (Å²) in [5.41, 5.74) is -0.528. The average molecular weight is 304 g/mol. The lowest BCUT2D eigenvalue weighted by Gasteiger charge is -2.34. The van der Waals surface area contributed by atoms with Gasteiger partial charge in [0, 0.05) is 5.92 Å². The SMILES string of the molecule is C=CCC(C(=O)OCC)(C(=O)OCC)C(C)c1ccccc1. The third kappa shape index (κ3) is 3.56. The molecule has 1 atom stereocenters. The van der Waals surface area contributed by atoms with Gasteiger partial charge in [-0.1, -0.05) is 43.3 Å². The van der Waals surface area contributed by atoms with Crippen molar-refractivity contribution in [1.82, 2.24) is 0 Å². The van der Waals surface area contributed by atoms with E-state index >= 15 is 0 Å². The third-order valence-corrected chi connectivity index (χ3v) is 3.78. The second kappa shape index (κ2) is 8.37. The van der Waals surface area contributed by atoms with E-state index in [1.807, 2.05) is 37.3 Å². The van der Waals surface area contributed by atoms with Gasteiger partial charge in [0.25, 0.3) is 0 Å². The van der Waals surface area contributed by atoms with E-state index < -0.39 is 17.4 Å². The Morgan fingerprint density at radius 1 is 1.14 bits per heavy atom. The van der Waals surface area contributed by atoms with Crippen molar-refractivity contribution in [2.24, 2.45) is 5.41 Å². The van der Waals surface area contributed by atoms with Gasteiger partial charge in [-0.2, -0.15) is 0 Å². The van der Waals surface area contributed by atoms with Gasteiger partial charge < -0.3 is 9.47 Å². The second-order valence-electron chi connectivity index (χ2n) is 5.04. The zero-order chi connectivity index (χ0) is 16.6. The van der Waals surface area contributed by atoms with Gasteiger partial charge in [-0.15, -0.1) is 6.58 Å². The third-order valence-electron chi connectivity index (χ3n) is 3.78. The molecule has 22 heavy (non-hydrogen) atoms. The normalized spacial score (nSPS) is 12.3. The van der Waals surface area contributed by atoms with Crippen LogP contribution < -0.4 is 0 Å². The summed E-state index contributed by atoms with van der Waals surface area (Å²) >= 11 is 0. The first-order valence-electron chi connectivity index (χ1n) is 7.54. The average Bonchev–Trinajstić information content (AvgIpc) is 2.53. The van der Waals surface area contributed by atoms with Crippen LogP contribution in [-0.2, 0) is 19.1 Å². The summed E-state index contributed by atoms with van der Waals surface area (Å²) in [5.74, 6) is -1.51. The smallest absolute Gasteiger partial charge is 0.324 e. The van der Waals surface area contributed by atoms with Crippen molar-refractivity contribution in [2.45, 2.75) is 33.1 Å². The zero-order valence-electron chi connectivity index (χ0n) is 13.5. The van der Waals surface area contributed by atoms with Crippen LogP contribution in [0.5, 0.6) is 0 Å². The van der Waals surface area contributed by atoms with Crippen LogP contribution in [0, 0.1) is 5.41 Å². The topological polar surface area (TPSA) is 52.6 Å². The molecule has 0 amide bonds. The van der Waals surface area contributed by atoms with Gasteiger partial charge in [0.15, 0.2) is 5.41 Å². The molecule has 1 unspecified atom stereocenters. The summed E-state index contributed by atoms with van der Waals surface area (Å²) in [7, 11) is 0. The molecule has 4 heteroatoms. The highest BCUT2D eigenvalue weighted by Crippen LogP contribution is 2.41. The van der Waals surface area contributed by atoms with Gasteiger partial charge in [-0.25, -0.2) is 0 Å². The van der Waals surface area contributed by atoms with Gasteiger partial charge in [-0.3, -0.25) is 9.59 Å². The van der Waals surface area contributed by atoms with Crippen LogP contribution in [-0.4, -0.2) is 25.2 Å². The number of ether oxygens (including phenoxy) is 2. The Morgan fingerprint density at radius 2 is 1.64 bits per heavy atom. The fourth-order valence-corrected chi connectivity index (χ4v) is 2.55. The molecular formula is C18H24O4. The Labute approximate surface area is 132 Å². The number of carbonyl (C=O) groups excluding carboxylic acids is 2. The quantitative estimate of drug-likeness (QED) is 0.419. The first kappa shape index (κ1) is 18.0. The summed E-state index contributed by atoms with van der Waals surface area (Å²) in [6.45, 7) is 9.38. The van der Waals surface area contributed by atoms with Crippen LogP contribution in [0.4, 0.5) is 0 Å². The summed E-state index contributed by atoms with van der Waals surface area (Å²) in [6, 6.07) is 9.42. The fourth-order valence-electron chi connectivity index (χ4n) is 2.55. The van der Waals surface area contributed by atoms with Crippen LogP contribution in [0.2, 0.25) is 0 Å². The molecule has 120 valence electrons. The molecule has 0 N–H and O–H groups in total. The first-order chi connectivity index (χ1) is 10.5. The van der Waals surface area contributed by atoms with Crippen molar-refractivity contribution in [3.8, 4) is 0 Å². The number of hydrogen-bond donors (Lipinski definition) is 0. The molecule has 1 rings (SSSR count). The highest BCUT2D eigenvalue weighted by Gasteiger charge is 2.52. The highest BCUT2D eigenvalue weighted by molar-refractivity contribution is 6.01. The van der Waals surface area contributed by atoms with Crippen LogP contribution in [0.25, 0.3) is 0 Å². The Kier molecular flexibility index (Phi) is 6.83. The van der Waals surface area contributed by atoms with Gasteiger partial charge in [0.1, 0.15) is 0 Å². The Bertz CT molecular complexity index is 489. The fraction of sp³-hybridized carbons (Fsp3) is 0.444. The molecule has 0 aliphatic heterocycles. The molecule has 0 spiro atoms. The van der Waals surface area contributed by atoms with E-state index in [4.69, 9.17) is 9.47 Å². The molecule has 0 fully saturated rings. The molecule has 0 saturated carbocycles. The van der Waals surface area contributed by atoms with Crippen LogP contribution in [0.1, 0.15) is 38.7 Å². The molecule has 0 radical (unpaired) electrons. The van der Waals surface area contributed by atoms with Crippen molar-refractivity contribution in [3.63, 3.8) is 0 Å². The van der Waals surface area contributed by atoms with E-state index in [1.165, 1.54) is 0 Å². The molecule has 0 saturated heterocycles. The van der Waals surface area contributed by atoms with Gasteiger partial charge in [-0.05, 0) is 25.8 Å². The summed E-state index contributed by atoms with van der Waals surface area (Å²) in [4.78, 5) is 25.2. The first-order valence-corrected chi connectivity index (χ1v) is 7.54. The maximum Gasteiger partial charge on any atom is 0.324 e. The molecule has 0 aliphatic rings. The molecule has 0 bridgehead atoms. The standard InChI is InChI=1S/C18H24O4/c1-5-13-18(16(19)21-6-2,17(20)22-7-3)14(4)15-11-9-8-10-12-15/h5,8-12,14H,1,6-7,13H2,2-4H3. The van der Waals surface area contributed by atoms with E-state index in [0.29, 0.717) is 0 Å². The van der Waals surface area contributed by atoms with E-state index in [1.54, 1.807) is 19.9 Å². The molecule has 1 aromatic rings. The van der Waals surface area contributed by atoms with Crippen molar-refractivity contribution in [2.75, 3.05) is 13.2 Å². The second-order valence-corrected chi connectivity index (χ2v) is 5.04. The Morgan fingerprint density at radius 3 is 2.05 bits per heavy atom. The molecular weight excluding hydrogens is 280 g/mol. The largest absolute Gasteiger partial charge is 0.465 e. The van der Waals surface area contributed by atoms with E-state index in [-0.39, 0.29) is 25.6 Å². The summed E-state index contributed by atoms with van der Waals surface area (Å²) in [6.07, 6.45) is 1.73. The Hall–Kier alpha value is -2.10. The van der Waals surface area contributed by atoms with Crippen molar-refractivity contribution < 1.29 is 19.1 Å². The van der Waals surface area contributed by atoms with Gasteiger partial charge >= 0.3 is 11.9 Å². The van der Waals surface area contributed by atoms with E-state index in [2.05, 4.69) is 6.58 Å². The van der Waals surface area contributed by atoms with E-state index in [0.717, 1.165) is 5.56 Å². The summed E-state index contributed by atoms with van der Waals surface area (Å²) in [5, 5.41) is 0. The number of allylic oxidation sites excluding steroid dienone is 1. The van der Waals surface area contributed by atoms with Crippen molar-refractivity contribution in [1.29, 1.82) is 0 Å². The number of carbonyl (C=O) groups is 2. The zero-order valence-corrected chi connectivity index (χ0v) is 13.5. The van der Waals surface area contributed by atoms with Crippen molar-refractivity contribution in [3.05, 3.63) is 48.6 Å². The molecule has 0 aliphatic carbocycles. The number of rotatable bonds is 8. The molecule has 4 nitrogen and oxygen atoms in total. The van der Waals surface area contributed by atoms with Crippen LogP contribution in [0.15, 0.2) is 43.0 Å². The van der Waals surface area contributed by atoms with E-state index in [9.17, 15) is 9.59 Å². The maximum absolute atomic E-state index is 12.6. The minimum absolute atomic E-state index is 0.167. The van der Waals surface area contributed by atoms with Crippen LogP contribution in [0.3, 0.4) is 0 Å². The lowest BCUT2D eigenvalue weighted by atomic mass is 9.70. The molecule has 1 aromatic carbocycles. The van der Waals surface area contributed by atoms with Crippen LogP contribution >= 0.6 is 0 Å². The highest BCUT2D eigenvalue weighted by atomic mass is 16.6. The number of esters is 2. The maximum atomic E-state index is 12.6. The van der Waals surface area contributed by atoms with Gasteiger partial charge in [0.2, 0.25) is 0 Å². The minimum atomic E-state index is -1.41. The monoisotopic (exact) mass is 304 g/mol. The molecule has 0 heterocycles. The Balaban J connectivity index is 3.36. The predicted octanol–water partition coefficient (Wildman–Crippen LogP) is 3.48. The molecule has 0 aromatic heterocycles. The minimum Gasteiger partial charge on any atom is -0.465 e. The number of benzene rings is 1. The van der Waals surface area contributed by atoms with Gasteiger partial charge in [0.05, 0.1) is 13.2 Å². The predicted molar refractivity (Wildman–Crippen MR) is 85.4 cm³/mol. The lowest BCUT2D eigenvalue weighted by Crippen LogP contribution is -2.45. The van der Waals surface area contributed by atoms with Crippen molar-refractivity contribution >= 4 is 11.9 Å². The lowest BCUT2D eigenvalue weighted by molar-refractivity contribution is -0.173. The number of hydrogen-bond acceptors (Lipinski definition) is 4.